The van der Waals surface area contributed by atoms with E-state index in [4.69, 9.17) is 15.3 Å². The van der Waals surface area contributed by atoms with Crippen LogP contribution in [-0.4, -0.2) is 51.4 Å². The van der Waals surface area contributed by atoms with Crippen molar-refractivity contribution in [1.29, 1.82) is 0 Å². The standard InChI is InChI=1S/C8H14O7/c1-3-15-8(14,6(12)13)7(2,4-9)5(10)11/h9,14H,3-4H2,1-2H3,(H,10,11)(H,12,13). The van der Waals surface area contributed by atoms with Crippen molar-refractivity contribution in [2.75, 3.05) is 13.2 Å². The van der Waals surface area contributed by atoms with Crippen LogP contribution >= 0.6 is 0 Å². The van der Waals surface area contributed by atoms with Crippen molar-refractivity contribution in [3.05, 3.63) is 0 Å². The molecule has 0 amide bonds. The molecule has 2 atom stereocenters. The number of hydrogen-bond donors (Lipinski definition) is 4. The molecule has 0 fully saturated rings. The lowest BCUT2D eigenvalue weighted by molar-refractivity contribution is -0.271. The summed E-state index contributed by atoms with van der Waals surface area (Å²) in [6.45, 7) is 1.02. The minimum absolute atomic E-state index is 0.203. The number of carbonyl (C=O) groups is 2. The number of ether oxygens (including phenoxy) is 1. The Labute approximate surface area is 85.9 Å². The molecule has 7 heteroatoms. The van der Waals surface area contributed by atoms with E-state index in [0.717, 1.165) is 6.92 Å². The molecule has 0 aliphatic carbocycles. The maximum absolute atomic E-state index is 10.8. The van der Waals surface area contributed by atoms with Crippen LogP contribution in [0.2, 0.25) is 0 Å². The minimum Gasteiger partial charge on any atom is -0.481 e. The Morgan fingerprint density at radius 2 is 1.73 bits per heavy atom. The van der Waals surface area contributed by atoms with Gasteiger partial charge in [0.1, 0.15) is 0 Å². The monoisotopic (exact) mass is 222 g/mol. The highest BCUT2D eigenvalue weighted by Crippen LogP contribution is 2.33. The lowest BCUT2D eigenvalue weighted by atomic mass is 9.81. The molecule has 0 rings (SSSR count). The molecular weight excluding hydrogens is 208 g/mol. The van der Waals surface area contributed by atoms with Crippen LogP contribution in [0.5, 0.6) is 0 Å². The van der Waals surface area contributed by atoms with Crippen LogP contribution in [-0.2, 0) is 14.3 Å². The van der Waals surface area contributed by atoms with E-state index >= 15 is 0 Å². The fourth-order valence-corrected chi connectivity index (χ4v) is 0.986. The summed E-state index contributed by atoms with van der Waals surface area (Å²) in [6.07, 6.45) is 0. The molecule has 0 aromatic heterocycles. The van der Waals surface area contributed by atoms with Gasteiger partial charge in [-0.15, -0.1) is 0 Å². The van der Waals surface area contributed by atoms with Crippen LogP contribution in [0, 0.1) is 5.41 Å². The van der Waals surface area contributed by atoms with E-state index in [-0.39, 0.29) is 6.61 Å². The third-order valence-electron chi connectivity index (χ3n) is 2.18. The number of rotatable bonds is 6. The third-order valence-corrected chi connectivity index (χ3v) is 2.18. The topological polar surface area (TPSA) is 124 Å². The maximum atomic E-state index is 10.8. The van der Waals surface area contributed by atoms with Gasteiger partial charge in [-0.2, -0.15) is 0 Å². The summed E-state index contributed by atoms with van der Waals surface area (Å²) in [5, 5.41) is 36.0. The Bertz CT molecular complexity index is 264. The lowest BCUT2D eigenvalue weighted by Gasteiger charge is -2.36. The van der Waals surface area contributed by atoms with Gasteiger partial charge in [-0.3, -0.25) is 4.79 Å². The van der Waals surface area contributed by atoms with Gasteiger partial charge in [-0.25, -0.2) is 4.79 Å². The molecular formula is C8H14O7. The highest BCUT2D eigenvalue weighted by Gasteiger charge is 2.59. The quantitative estimate of drug-likeness (QED) is 0.419. The average Bonchev–Trinajstić information content (AvgIpc) is 2.15. The first kappa shape index (κ1) is 13.8. The van der Waals surface area contributed by atoms with Gasteiger partial charge in [0.25, 0.3) is 5.79 Å². The summed E-state index contributed by atoms with van der Waals surface area (Å²) >= 11 is 0. The van der Waals surface area contributed by atoms with Crippen molar-refractivity contribution in [3.8, 4) is 0 Å². The Morgan fingerprint density at radius 1 is 1.27 bits per heavy atom. The zero-order chi connectivity index (χ0) is 12.3. The Hall–Kier alpha value is -1.18. The highest BCUT2D eigenvalue weighted by atomic mass is 16.6. The summed E-state index contributed by atoms with van der Waals surface area (Å²) in [4.78, 5) is 21.6. The van der Waals surface area contributed by atoms with E-state index < -0.39 is 29.7 Å². The fourth-order valence-electron chi connectivity index (χ4n) is 0.986. The molecule has 0 saturated carbocycles. The van der Waals surface area contributed by atoms with Gasteiger partial charge in [0.2, 0.25) is 0 Å². The first-order valence-corrected chi connectivity index (χ1v) is 4.20. The number of hydrogen-bond acceptors (Lipinski definition) is 5. The predicted octanol–water partition coefficient (Wildman–Crippen LogP) is -1.12. The van der Waals surface area contributed by atoms with E-state index in [9.17, 15) is 14.7 Å². The molecule has 88 valence electrons. The molecule has 0 radical (unpaired) electrons. The van der Waals surface area contributed by atoms with E-state index in [2.05, 4.69) is 4.74 Å². The second kappa shape index (κ2) is 4.56. The molecule has 15 heavy (non-hydrogen) atoms. The van der Waals surface area contributed by atoms with Crippen molar-refractivity contribution in [3.63, 3.8) is 0 Å². The maximum Gasteiger partial charge on any atom is 0.365 e. The fraction of sp³-hybridized carbons (Fsp3) is 0.750. The van der Waals surface area contributed by atoms with Crippen LogP contribution in [0.4, 0.5) is 0 Å². The van der Waals surface area contributed by atoms with Crippen LogP contribution < -0.4 is 0 Å². The molecule has 0 aliphatic heterocycles. The average molecular weight is 222 g/mol. The molecule has 0 aliphatic rings. The molecule has 7 nitrogen and oxygen atoms in total. The molecule has 0 saturated heterocycles. The molecule has 0 heterocycles. The predicted molar refractivity (Wildman–Crippen MR) is 47.0 cm³/mol. The van der Waals surface area contributed by atoms with Crippen molar-refractivity contribution in [2.45, 2.75) is 19.6 Å². The van der Waals surface area contributed by atoms with Crippen LogP contribution in [0.3, 0.4) is 0 Å². The van der Waals surface area contributed by atoms with E-state index in [0.29, 0.717) is 0 Å². The van der Waals surface area contributed by atoms with Crippen molar-refractivity contribution < 1.29 is 34.8 Å². The summed E-state index contributed by atoms with van der Waals surface area (Å²) in [7, 11) is 0. The van der Waals surface area contributed by atoms with E-state index in [1.807, 2.05) is 0 Å². The molecule has 2 unspecified atom stereocenters. The molecule has 0 bridgehead atoms. The third kappa shape index (κ3) is 2.09. The largest absolute Gasteiger partial charge is 0.481 e. The number of carboxylic acids is 2. The van der Waals surface area contributed by atoms with Crippen molar-refractivity contribution in [2.24, 2.45) is 5.41 Å². The van der Waals surface area contributed by atoms with Gasteiger partial charge in [0.15, 0.2) is 5.41 Å². The SMILES string of the molecule is CCOC(O)(C(=O)O)C(C)(CO)C(=O)O. The molecule has 0 aromatic rings. The minimum atomic E-state index is -2.96. The van der Waals surface area contributed by atoms with Crippen molar-refractivity contribution >= 4 is 11.9 Å². The number of aliphatic hydroxyl groups is 2. The second-order valence-electron chi connectivity index (χ2n) is 3.18. The van der Waals surface area contributed by atoms with Gasteiger partial charge in [-0.1, -0.05) is 0 Å². The zero-order valence-corrected chi connectivity index (χ0v) is 8.43. The van der Waals surface area contributed by atoms with Crippen LogP contribution in [0.15, 0.2) is 0 Å². The molecule has 0 aromatic carbocycles. The molecule has 0 spiro atoms. The van der Waals surface area contributed by atoms with Gasteiger partial charge < -0.3 is 25.2 Å². The van der Waals surface area contributed by atoms with Gasteiger partial charge >= 0.3 is 11.9 Å². The Balaban J connectivity index is 5.39. The van der Waals surface area contributed by atoms with Crippen LogP contribution in [0.25, 0.3) is 0 Å². The number of carboxylic acid groups (broad SMARTS) is 2. The summed E-state index contributed by atoms with van der Waals surface area (Å²) in [5.74, 6) is -6.48. The van der Waals surface area contributed by atoms with Crippen molar-refractivity contribution in [1.82, 2.24) is 0 Å². The number of aliphatic hydroxyl groups excluding tert-OH is 1. The van der Waals surface area contributed by atoms with Gasteiger partial charge in [-0.05, 0) is 13.8 Å². The first-order valence-electron chi connectivity index (χ1n) is 4.20. The molecule has 4 N–H and O–H groups in total. The van der Waals surface area contributed by atoms with Crippen LogP contribution in [0.1, 0.15) is 13.8 Å². The summed E-state index contributed by atoms with van der Waals surface area (Å²) in [5.41, 5.74) is -2.32. The first-order chi connectivity index (χ1) is 6.76. The second-order valence-corrected chi connectivity index (χ2v) is 3.18. The van der Waals surface area contributed by atoms with Gasteiger partial charge in [0.05, 0.1) is 6.61 Å². The Morgan fingerprint density at radius 3 is 1.93 bits per heavy atom. The van der Waals surface area contributed by atoms with Gasteiger partial charge in [0, 0.05) is 6.61 Å². The highest BCUT2D eigenvalue weighted by molar-refractivity contribution is 5.87. The number of aliphatic carboxylic acids is 2. The normalized spacial score (nSPS) is 18.9. The van der Waals surface area contributed by atoms with E-state index in [1.165, 1.54) is 6.92 Å². The summed E-state index contributed by atoms with van der Waals surface area (Å²) < 4.78 is 4.52. The smallest absolute Gasteiger partial charge is 0.365 e. The Kier molecular flexibility index (Phi) is 4.20. The van der Waals surface area contributed by atoms with E-state index in [1.54, 1.807) is 0 Å². The summed E-state index contributed by atoms with van der Waals surface area (Å²) in [6, 6.07) is 0. The zero-order valence-electron chi connectivity index (χ0n) is 8.43. The lowest BCUT2D eigenvalue weighted by Crippen LogP contribution is -2.60.